The van der Waals surface area contributed by atoms with Gasteiger partial charge in [0, 0.05) is 26.2 Å². The Balaban J connectivity index is 1.40. The molecule has 2 N–H and O–H groups in total. The van der Waals surface area contributed by atoms with Crippen molar-refractivity contribution in [2.24, 2.45) is 7.05 Å². The summed E-state index contributed by atoms with van der Waals surface area (Å²) in [6, 6.07) is 9.09. The van der Waals surface area contributed by atoms with Crippen molar-refractivity contribution in [3.8, 4) is 17.7 Å². The van der Waals surface area contributed by atoms with Crippen LogP contribution in [0.5, 0.6) is 11.6 Å². The van der Waals surface area contributed by atoms with E-state index in [4.69, 9.17) is 14.7 Å². The minimum atomic E-state index is -0.777. The minimum Gasteiger partial charge on any atom is -0.437 e. The van der Waals surface area contributed by atoms with E-state index in [1.165, 1.54) is 6.20 Å². The van der Waals surface area contributed by atoms with Crippen LogP contribution >= 0.6 is 0 Å². The predicted molar refractivity (Wildman–Crippen MR) is 127 cm³/mol. The van der Waals surface area contributed by atoms with Gasteiger partial charge < -0.3 is 24.5 Å². The number of ether oxygens (including phenoxy) is 2. The molecule has 1 atom stereocenters. The summed E-state index contributed by atoms with van der Waals surface area (Å²) < 4.78 is 13.2. The smallest absolute Gasteiger partial charge is 0.223 e. The molecule has 0 amide bonds. The van der Waals surface area contributed by atoms with Gasteiger partial charge in [-0.3, -0.25) is 9.88 Å². The molecule has 1 aliphatic heterocycles. The van der Waals surface area contributed by atoms with E-state index < -0.39 is 6.23 Å². The van der Waals surface area contributed by atoms with Crippen LogP contribution in [-0.4, -0.2) is 60.8 Å². The summed E-state index contributed by atoms with van der Waals surface area (Å²) in [5, 5.41) is 23.0. The third kappa shape index (κ3) is 4.76. The van der Waals surface area contributed by atoms with E-state index in [1.807, 2.05) is 31.0 Å². The number of fused-ring (bicyclic) bond motifs is 1. The average Bonchev–Trinajstić information content (AvgIpc) is 3.26. The first-order valence-corrected chi connectivity index (χ1v) is 11.1. The van der Waals surface area contributed by atoms with Crippen molar-refractivity contribution in [1.82, 2.24) is 29.4 Å². The number of aliphatic hydroxyl groups excluding tert-OH is 1. The Kier molecular flexibility index (Phi) is 6.24. The molecule has 5 rings (SSSR count). The van der Waals surface area contributed by atoms with Gasteiger partial charge in [-0.15, -0.1) is 0 Å². The normalized spacial score (nSPS) is 15.0. The number of nitriles is 1. The average molecular weight is 473 g/mol. The lowest BCUT2D eigenvalue weighted by Crippen LogP contribution is -2.39. The highest BCUT2D eigenvalue weighted by atomic mass is 16.5. The summed E-state index contributed by atoms with van der Waals surface area (Å²) in [4.78, 5) is 19.5. The molecule has 4 aromatic rings. The van der Waals surface area contributed by atoms with Crippen LogP contribution < -0.4 is 10.1 Å². The Morgan fingerprint density at radius 3 is 2.71 bits per heavy atom. The Morgan fingerprint density at radius 1 is 1.17 bits per heavy atom. The number of imidazole rings is 1. The number of pyridine rings is 3. The van der Waals surface area contributed by atoms with E-state index in [-0.39, 0.29) is 0 Å². The van der Waals surface area contributed by atoms with Crippen LogP contribution in [0.2, 0.25) is 0 Å². The van der Waals surface area contributed by atoms with Crippen LogP contribution in [0.1, 0.15) is 23.2 Å². The molecule has 35 heavy (non-hydrogen) atoms. The van der Waals surface area contributed by atoms with E-state index in [1.54, 1.807) is 35.3 Å². The quantitative estimate of drug-likeness (QED) is 0.431. The second-order valence-corrected chi connectivity index (χ2v) is 8.20. The molecule has 0 aromatic carbocycles. The number of rotatable bonds is 6. The molecule has 178 valence electrons. The fraction of sp³-hybridized carbons (Fsp3) is 0.292. The highest BCUT2D eigenvalue weighted by Crippen LogP contribution is 2.31. The summed E-state index contributed by atoms with van der Waals surface area (Å²) in [5.41, 5.74) is 4.39. The van der Waals surface area contributed by atoms with E-state index >= 15 is 0 Å². The van der Waals surface area contributed by atoms with Gasteiger partial charge in [-0.25, -0.2) is 9.97 Å². The van der Waals surface area contributed by atoms with Crippen LogP contribution in [0.4, 0.5) is 11.4 Å². The standard InChI is InChI=1S/C24H24N8O3/c1-15-9-17(11-25)26-13-20(15)35-21-10-19(22-23(30-21)31(2)14-28-22)29-16-3-4-18(27-12-16)24(33)32-5-7-34-8-6-32/h3-4,9-10,12-14,24,33H,5-8H2,1-2H3,(H,29,30). The van der Waals surface area contributed by atoms with Crippen molar-refractivity contribution in [3.05, 3.63) is 59.9 Å². The molecule has 0 aliphatic carbocycles. The van der Waals surface area contributed by atoms with Gasteiger partial charge in [0.25, 0.3) is 0 Å². The van der Waals surface area contributed by atoms with E-state index in [9.17, 15) is 5.11 Å². The Morgan fingerprint density at radius 2 is 2.00 bits per heavy atom. The summed E-state index contributed by atoms with van der Waals surface area (Å²) >= 11 is 0. The number of aryl methyl sites for hydroxylation is 2. The Bertz CT molecular complexity index is 1390. The van der Waals surface area contributed by atoms with Gasteiger partial charge in [0.2, 0.25) is 5.88 Å². The largest absolute Gasteiger partial charge is 0.437 e. The van der Waals surface area contributed by atoms with Crippen LogP contribution in [0.15, 0.2) is 43.0 Å². The molecule has 0 radical (unpaired) electrons. The molecule has 1 aliphatic rings. The Labute approximate surface area is 201 Å². The highest BCUT2D eigenvalue weighted by molar-refractivity contribution is 5.88. The molecule has 11 nitrogen and oxygen atoms in total. The van der Waals surface area contributed by atoms with Gasteiger partial charge in [-0.2, -0.15) is 10.2 Å². The summed E-state index contributed by atoms with van der Waals surface area (Å²) in [6.45, 7) is 4.36. The van der Waals surface area contributed by atoms with Gasteiger partial charge >= 0.3 is 0 Å². The third-order valence-electron chi connectivity index (χ3n) is 5.76. The molecule has 0 bridgehead atoms. The molecule has 1 fully saturated rings. The first kappa shape index (κ1) is 22.7. The minimum absolute atomic E-state index is 0.321. The predicted octanol–water partition coefficient (Wildman–Crippen LogP) is 2.80. The lowest BCUT2D eigenvalue weighted by atomic mass is 10.2. The number of hydrogen-bond acceptors (Lipinski definition) is 10. The SMILES string of the molecule is Cc1cc(C#N)ncc1Oc1cc(Nc2ccc(C(O)N3CCOCC3)nc2)c2ncn(C)c2n1. The van der Waals surface area contributed by atoms with E-state index in [2.05, 4.69) is 25.3 Å². The maximum Gasteiger partial charge on any atom is 0.223 e. The Hall–Kier alpha value is -4.11. The zero-order valence-electron chi connectivity index (χ0n) is 19.3. The fourth-order valence-electron chi connectivity index (χ4n) is 3.84. The van der Waals surface area contributed by atoms with Crippen molar-refractivity contribution in [2.75, 3.05) is 31.6 Å². The van der Waals surface area contributed by atoms with E-state index in [0.29, 0.717) is 66.2 Å². The first-order valence-electron chi connectivity index (χ1n) is 11.1. The number of aromatic nitrogens is 5. The maximum atomic E-state index is 10.6. The lowest BCUT2D eigenvalue weighted by molar-refractivity contribution is -0.0622. The molecule has 4 aromatic heterocycles. The first-order chi connectivity index (χ1) is 17.0. The maximum absolute atomic E-state index is 10.6. The van der Waals surface area contributed by atoms with Gasteiger partial charge in [-0.1, -0.05) is 0 Å². The van der Waals surface area contributed by atoms with Crippen LogP contribution in [-0.2, 0) is 11.8 Å². The number of aliphatic hydroxyl groups is 1. The summed E-state index contributed by atoms with van der Waals surface area (Å²) in [7, 11) is 1.85. The topological polar surface area (TPSA) is 134 Å². The summed E-state index contributed by atoms with van der Waals surface area (Å²) in [6.07, 6.45) is 4.09. The van der Waals surface area contributed by atoms with Crippen molar-refractivity contribution in [3.63, 3.8) is 0 Å². The number of hydrogen-bond donors (Lipinski definition) is 2. The molecule has 0 spiro atoms. The molecule has 5 heterocycles. The second-order valence-electron chi connectivity index (χ2n) is 8.20. The molecular formula is C24H24N8O3. The molecular weight excluding hydrogens is 448 g/mol. The number of nitrogens with one attached hydrogen (secondary N) is 1. The zero-order valence-corrected chi connectivity index (χ0v) is 19.3. The molecule has 11 heteroatoms. The zero-order chi connectivity index (χ0) is 24.4. The number of anilines is 2. The molecule has 0 saturated carbocycles. The third-order valence-corrected chi connectivity index (χ3v) is 5.76. The van der Waals surface area contributed by atoms with E-state index in [0.717, 1.165) is 11.3 Å². The van der Waals surface area contributed by atoms with Crippen LogP contribution in [0.3, 0.4) is 0 Å². The van der Waals surface area contributed by atoms with Gasteiger partial charge in [0.05, 0.1) is 49.0 Å². The highest BCUT2D eigenvalue weighted by Gasteiger charge is 2.21. The number of morpholine rings is 1. The van der Waals surface area contributed by atoms with Crippen LogP contribution in [0.25, 0.3) is 11.2 Å². The van der Waals surface area contributed by atoms with Crippen molar-refractivity contribution >= 4 is 22.5 Å². The van der Waals surface area contributed by atoms with Crippen molar-refractivity contribution in [1.29, 1.82) is 5.26 Å². The summed E-state index contributed by atoms with van der Waals surface area (Å²) in [5.74, 6) is 0.859. The molecule has 1 saturated heterocycles. The van der Waals surface area contributed by atoms with Crippen molar-refractivity contribution in [2.45, 2.75) is 13.2 Å². The number of nitrogens with zero attached hydrogens (tertiary/aromatic N) is 7. The molecule has 1 unspecified atom stereocenters. The second kappa shape index (κ2) is 9.63. The van der Waals surface area contributed by atoms with Gasteiger partial charge in [-0.05, 0) is 30.7 Å². The van der Waals surface area contributed by atoms with Gasteiger partial charge in [0.15, 0.2) is 17.6 Å². The fourth-order valence-corrected chi connectivity index (χ4v) is 3.84. The van der Waals surface area contributed by atoms with Gasteiger partial charge in [0.1, 0.15) is 17.3 Å². The van der Waals surface area contributed by atoms with Crippen molar-refractivity contribution < 1.29 is 14.6 Å². The van der Waals surface area contributed by atoms with Crippen LogP contribution in [0, 0.1) is 18.3 Å². The monoisotopic (exact) mass is 472 g/mol. The lowest BCUT2D eigenvalue weighted by Gasteiger charge is -2.30.